The highest BCUT2D eigenvalue weighted by Gasteiger charge is 2.34. The van der Waals surface area contributed by atoms with Gasteiger partial charge in [0.1, 0.15) is 12.4 Å². The molecule has 0 aliphatic carbocycles. The molecule has 0 saturated carbocycles. The minimum Gasteiger partial charge on any atom is -0.465 e. The molecule has 1 N–H and O–H groups in total. The van der Waals surface area contributed by atoms with Gasteiger partial charge in [-0.3, -0.25) is 14.4 Å². The van der Waals surface area contributed by atoms with Crippen LogP contribution in [0, 0.1) is 11.7 Å². The average molecular weight is 336 g/mol. The first-order valence-electron chi connectivity index (χ1n) is 7.95. The third-order valence-electron chi connectivity index (χ3n) is 3.88. The van der Waals surface area contributed by atoms with Crippen molar-refractivity contribution in [3.8, 4) is 0 Å². The molecule has 1 aromatic rings. The van der Waals surface area contributed by atoms with Crippen LogP contribution in [-0.2, 0) is 25.5 Å². The molecule has 6 nitrogen and oxygen atoms in total. The number of benzene rings is 1. The van der Waals surface area contributed by atoms with E-state index in [0.717, 1.165) is 5.56 Å². The first-order chi connectivity index (χ1) is 11.5. The molecule has 1 aliphatic heterocycles. The summed E-state index contributed by atoms with van der Waals surface area (Å²) in [5.74, 6) is -1.66. The number of hydrogen-bond donors (Lipinski definition) is 1. The first-order valence-corrected chi connectivity index (χ1v) is 7.95. The summed E-state index contributed by atoms with van der Waals surface area (Å²) >= 11 is 0. The highest BCUT2D eigenvalue weighted by Crippen LogP contribution is 2.18. The van der Waals surface area contributed by atoms with Crippen LogP contribution in [0.1, 0.15) is 18.9 Å². The second-order valence-corrected chi connectivity index (χ2v) is 5.64. The van der Waals surface area contributed by atoms with E-state index in [1.165, 1.54) is 12.1 Å². The SMILES string of the molecule is CCOC(=O)CNC(=O)[C@@H]1CC(=O)N(CCc2ccc(F)cc2)C1. The average Bonchev–Trinajstić information content (AvgIpc) is 2.93. The standard InChI is InChI=1S/C17H21FN2O4/c1-2-24-16(22)10-19-17(23)13-9-15(21)20(11-13)8-7-12-3-5-14(18)6-4-12/h3-6,13H,2,7-11H2,1H3,(H,19,23)/t13-/m1/s1. The molecule has 1 aliphatic rings. The molecule has 2 rings (SSSR count). The lowest BCUT2D eigenvalue weighted by Crippen LogP contribution is -2.36. The summed E-state index contributed by atoms with van der Waals surface area (Å²) in [5, 5.41) is 2.50. The molecular weight excluding hydrogens is 315 g/mol. The van der Waals surface area contributed by atoms with Gasteiger partial charge in [-0.2, -0.15) is 0 Å². The Morgan fingerprint density at radius 3 is 2.71 bits per heavy atom. The summed E-state index contributed by atoms with van der Waals surface area (Å²) in [7, 11) is 0. The van der Waals surface area contributed by atoms with E-state index in [1.54, 1.807) is 24.0 Å². The zero-order valence-corrected chi connectivity index (χ0v) is 13.6. The van der Waals surface area contributed by atoms with Gasteiger partial charge in [-0.05, 0) is 31.0 Å². The number of hydrogen-bond acceptors (Lipinski definition) is 4. The minimum atomic E-state index is -0.497. The normalized spacial score (nSPS) is 17.0. The molecule has 7 heteroatoms. The lowest BCUT2D eigenvalue weighted by molar-refractivity contribution is -0.143. The van der Waals surface area contributed by atoms with E-state index in [-0.39, 0.29) is 37.2 Å². The van der Waals surface area contributed by atoms with Gasteiger partial charge in [0.05, 0.1) is 12.5 Å². The minimum absolute atomic E-state index is 0.0894. The molecule has 130 valence electrons. The third kappa shape index (κ3) is 5.04. The predicted octanol–water partition coefficient (Wildman–Crippen LogP) is 0.896. The second kappa shape index (κ2) is 8.42. The summed E-state index contributed by atoms with van der Waals surface area (Å²) in [6.07, 6.45) is 0.737. The molecule has 1 aromatic carbocycles. The maximum absolute atomic E-state index is 12.9. The third-order valence-corrected chi connectivity index (χ3v) is 3.88. The summed E-state index contributed by atoms with van der Waals surface area (Å²) in [6.45, 7) is 2.57. The molecule has 0 aromatic heterocycles. The Morgan fingerprint density at radius 1 is 1.33 bits per heavy atom. The predicted molar refractivity (Wildman–Crippen MR) is 84.4 cm³/mol. The van der Waals surface area contributed by atoms with E-state index in [2.05, 4.69) is 5.32 Å². The van der Waals surface area contributed by atoms with Crippen molar-refractivity contribution in [2.24, 2.45) is 5.92 Å². The van der Waals surface area contributed by atoms with Gasteiger partial charge in [0.15, 0.2) is 0 Å². The van der Waals surface area contributed by atoms with Crippen LogP contribution < -0.4 is 5.32 Å². The van der Waals surface area contributed by atoms with Crippen molar-refractivity contribution in [3.63, 3.8) is 0 Å². The van der Waals surface area contributed by atoms with Crippen molar-refractivity contribution in [1.82, 2.24) is 10.2 Å². The van der Waals surface area contributed by atoms with Gasteiger partial charge in [0.2, 0.25) is 11.8 Å². The van der Waals surface area contributed by atoms with Crippen molar-refractivity contribution in [2.75, 3.05) is 26.2 Å². The van der Waals surface area contributed by atoms with Crippen LogP contribution in [0.2, 0.25) is 0 Å². The number of amides is 2. The number of nitrogens with zero attached hydrogens (tertiary/aromatic N) is 1. The topological polar surface area (TPSA) is 75.7 Å². The number of rotatable bonds is 7. The van der Waals surface area contributed by atoms with Gasteiger partial charge < -0.3 is 15.0 Å². The summed E-state index contributed by atoms with van der Waals surface area (Å²) < 4.78 is 17.6. The number of halogens is 1. The van der Waals surface area contributed by atoms with E-state index >= 15 is 0 Å². The number of carbonyl (C=O) groups is 3. The lowest BCUT2D eigenvalue weighted by Gasteiger charge is -2.16. The van der Waals surface area contributed by atoms with Crippen LogP contribution in [0.15, 0.2) is 24.3 Å². The number of likely N-dealkylation sites (tertiary alicyclic amines) is 1. The Bertz CT molecular complexity index is 603. The van der Waals surface area contributed by atoms with Gasteiger partial charge >= 0.3 is 5.97 Å². The van der Waals surface area contributed by atoms with Crippen LogP contribution in [0.5, 0.6) is 0 Å². The number of carbonyl (C=O) groups excluding carboxylic acids is 3. The molecule has 1 fully saturated rings. The van der Waals surface area contributed by atoms with Gasteiger partial charge in [-0.1, -0.05) is 12.1 Å². The fraction of sp³-hybridized carbons (Fsp3) is 0.471. The number of esters is 1. The lowest BCUT2D eigenvalue weighted by atomic mass is 10.1. The van der Waals surface area contributed by atoms with Crippen molar-refractivity contribution < 1.29 is 23.5 Å². The number of nitrogens with one attached hydrogen (secondary N) is 1. The molecule has 0 bridgehead atoms. The fourth-order valence-electron chi connectivity index (χ4n) is 2.59. The Labute approximate surface area is 140 Å². The zero-order valence-electron chi connectivity index (χ0n) is 13.6. The molecule has 0 radical (unpaired) electrons. The van der Waals surface area contributed by atoms with Crippen LogP contribution in [-0.4, -0.2) is 48.9 Å². The zero-order chi connectivity index (χ0) is 17.5. The van der Waals surface area contributed by atoms with Crippen LogP contribution in [0.4, 0.5) is 4.39 Å². The van der Waals surface area contributed by atoms with Gasteiger partial charge in [0, 0.05) is 19.5 Å². The molecule has 1 heterocycles. The Kier molecular flexibility index (Phi) is 6.28. The molecule has 0 spiro atoms. The summed E-state index contributed by atoms with van der Waals surface area (Å²) in [5.41, 5.74) is 0.930. The molecule has 1 saturated heterocycles. The summed E-state index contributed by atoms with van der Waals surface area (Å²) in [6, 6.07) is 6.12. The van der Waals surface area contributed by atoms with E-state index in [0.29, 0.717) is 19.5 Å². The molecular formula is C17H21FN2O4. The number of ether oxygens (including phenoxy) is 1. The van der Waals surface area contributed by atoms with Crippen molar-refractivity contribution >= 4 is 17.8 Å². The van der Waals surface area contributed by atoms with E-state index in [4.69, 9.17) is 4.74 Å². The van der Waals surface area contributed by atoms with Gasteiger partial charge in [-0.15, -0.1) is 0 Å². The van der Waals surface area contributed by atoms with E-state index < -0.39 is 11.9 Å². The molecule has 1 atom stereocenters. The van der Waals surface area contributed by atoms with E-state index in [9.17, 15) is 18.8 Å². The van der Waals surface area contributed by atoms with E-state index in [1.807, 2.05) is 0 Å². The van der Waals surface area contributed by atoms with Crippen molar-refractivity contribution in [3.05, 3.63) is 35.6 Å². The molecule has 24 heavy (non-hydrogen) atoms. The fourth-order valence-corrected chi connectivity index (χ4v) is 2.59. The highest BCUT2D eigenvalue weighted by atomic mass is 19.1. The molecule has 0 unspecified atom stereocenters. The van der Waals surface area contributed by atoms with Gasteiger partial charge in [0.25, 0.3) is 0 Å². The highest BCUT2D eigenvalue weighted by molar-refractivity contribution is 5.90. The smallest absolute Gasteiger partial charge is 0.325 e. The van der Waals surface area contributed by atoms with Crippen LogP contribution >= 0.6 is 0 Å². The maximum Gasteiger partial charge on any atom is 0.325 e. The Hall–Kier alpha value is -2.44. The van der Waals surface area contributed by atoms with Crippen LogP contribution in [0.3, 0.4) is 0 Å². The Morgan fingerprint density at radius 2 is 2.04 bits per heavy atom. The Balaban J connectivity index is 1.78. The first kappa shape index (κ1) is 17.9. The van der Waals surface area contributed by atoms with Gasteiger partial charge in [-0.25, -0.2) is 4.39 Å². The van der Waals surface area contributed by atoms with Crippen LogP contribution in [0.25, 0.3) is 0 Å². The quantitative estimate of drug-likeness (QED) is 0.751. The second-order valence-electron chi connectivity index (χ2n) is 5.64. The molecule has 2 amide bonds. The summed E-state index contributed by atoms with van der Waals surface area (Å²) in [4.78, 5) is 36.9. The largest absolute Gasteiger partial charge is 0.465 e. The monoisotopic (exact) mass is 336 g/mol. The van der Waals surface area contributed by atoms with Crippen molar-refractivity contribution in [2.45, 2.75) is 19.8 Å². The maximum atomic E-state index is 12.9. The van der Waals surface area contributed by atoms with Crippen molar-refractivity contribution in [1.29, 1.82) is 0 Å².